The van der Waals surface area contributed by atoms with Crippen LogP contribution in [0.3, 0.4) is 0 Å². The first-order valence-corrected chi connectivity index (χ1v) is 8.34. The summed E-state index contributed by atoms with van der Waals surface area (Å²) in [6, 6.07) is 3.48. The average Bonchev–Trinajstić information content (AvgIpc) is 3.19. The zero-order valence-electron chi connectivity index (χ0n) is 14.5. The fourth-order valence-electron chi connectivity index (χ4n) is 3.19. The molecule has 1 aromatic carbocycles. The van der Waals surface area contributed by atoms with Gasteiger partial charge < -0.3 is 10.0 Å². The monoisotopic (exact) mass is 363 g/mol. The predicted octanol–water partition coefficient (Wildman–Crippen LogP) is 2.43. The van der Waals surface area contributed by atoms with Crippen LogP contribution in [0.25, 0.3) is 5.69 Å². The lowest BCUT2D eigenvalue weighted by Gasteiger charge is -2.18. The Balaban J connectivity index is 1.95. The molecule has 1 atom stereocenters. The lowest BCUT2D eigenvalue weighted by atomic mass is 10.1. The third-order valence-corrected chi connectivity index (χ3v) is 4.60. The molecule has 26 heavy (non-hydrogen) atoms. The van der Waals surface area contributed by atoms with Gasteiger partial charge in [-0.05, 0) is 31.4 Å². The van der Waals surface area contributed by atoms with Crippen molar-refractivity contribution in [3.63, 3.8) is 0 Å². The molecule has 1 unspecified atom stereocenters. The van der Waals surface area contributed by atoms with Crippen LogP contribution in [0.15, 0.2) is 18.2 Å². The van der Waals surface area contributed by atoms with E-state index in [1.165, 1.54) is 29.6 Å². The molecule has 6 nitrogen and oxygen atoms in total. The van der Waals surface area contributed by atoms with Gasteiger partial charge >= 0.3 is 5.97 Å². The normalized spacial score (nSPS) is 14.2. The highest BCUT2D eigenvalue weighted by atomic mass is 19.2. The number of carbonyl (C=O) groups excluding carboxylic acids is 1. The summed E-state index contributed by atoms with van der Waals surface area (Å²) < 4.78 is 28.3. The number of hydrogen-bond donors (Lipinski definition) is 1. The first-order valence-electron chi connectivity index (χ1n) is 8.34. The Hall–Kier alpha value is -2.77. The largest absolute Gasteiger partial charge is 0.481 e. The number of rotatable bonds is 5. The summed E-state index contributed by atoms with van der Waals surface area (Å²) in [6.07, 6.45) is 2.19. The SMILES string of the molecule is CC(CN(C)C(=O)c1nn(-c2ccc(F)c(F)c2)c2c1CCC2)C(=O)O. The molecule has 8 heteroatoms. The van der Waals surface area contributed by atoms with E-state index >= 15 is 0 Å². The number of fused-ring (bicyclic) bond motifs is 1. The zero-order chi connectivity index (χ0) is 19.0. The lowest BCUT2D eigenvalue weighted by Crippen LogP contribution is -2.34. The number of benzene rings is 1. The quantitative estimate of drug-likeness (QED) is 0.885. The van der Waals surface area contributed by atoms with Gasteiger partial charge in [-0.1, -0.05) is 6.92 Å². The maximum Gasteiger partial charge on any atom is 0.308 e. The van der Waals surface area contributed by atoms with Gasteiger partial charge in [-0.25, -0.2) is 13.5 Å². The minimum atomic E-state index is -0.984. The number of halogens is 2. The molecule has 0 fully saturated rings. The number of nitrogens with zero attached hydrogens (tertiary/aromatic N) is 3. The summed E-state index contributed by atoms with van der Waals surface area (Å²) in [4.78, 5) is 25.1. The third kappa shape index (κ3) is 3.18. The Labute approximate surface area is 149 Å². The van der Waals surface area contributed by atoms with Crippen molar-refractivity contribution < 1.29 is 23.5 Å². The first-order chi connectivity index (χ1) is 12.3. The van der Waals surface area contributed by atoms with Gasteiger partial charge in [0.05, 0.1) is 11.6 Å². The molecule has 2 aromatic rings. The van der Waals surface area contributed by atoms with Crippen molar-refractivity contribution in [3.05, 3.63) is 46.8 Å². The Morgan fingerprint density at radius 2 is 2.04 bits per heavy atom. The maximum absolute atomic E-state index is 13.6. The maximum atomic E-state index is 13.6. The van der Waals surface area contributed by atoms with E-state index in [0.29, 0.717) is 18.5 Å². The van der Waals surface area contributed by atoms with Crippen LogP contribution in [0.5, 0.6) is 0 Å². The van der Waals surface area contributed by atoms with Crippen LogP contribution < -0.4 is 0 Å². The van der Waals surface area contributed by atoms with Gasteiger partial charge in [0.25, 0.3) is 5.91 Å². The lowest BCUT2D eigenvalue weighted by molar-refractivity contribution is -0.141. The standard InChI is InChI=1S/C18H19F2N3O3/c1-10(18(25)26)9-22(2)17(24)16-12-4-3-5-15(12)23(21-16)11-6-7-13(19)14(20)8-11/h6-8,10H,3-5,9H2,1-2H3,(H,25,26). The van der Waals surface area contributed by atoms with Crippen LogP contribution in [-0.4, -0.2) is 45.3 Å². The van der Waals surface area contributed by atoms with Crippen LogP contribution in [0.2, 0.25) is 0 Å². The molecule has 1 heterocycles. The molecule has 0 radical (unpaired) electrons. The van der Waals surface area contributed by atoms with Crippen LogP contribution in [0, 0.1) is 17.6 Å². The van der Waals surface area contributed by atoms with Crippen molar-refractivity contribution in [3.8, 4) is 5.69 Å². The number of amides is 1. The summed E-state index contributed by atoms with van der Waals surface area (Å²) in [5.41, 5.74) is 2.18. The van der Waals surface area contributed by atoms with Gasteiger partial charge in [-0.15, -0.1) is 0 Å². The molecule has 1 amide bonds. The molecular formula is C18H19F2N3O3. The Kier molecular flexibility index (Phi) is 4.76. The molecule has 0 spiro atoms. The summed E-state index contributed by atoms with van der Waals surface area (Å²) in [6.45, 7) is 1.58. The number of carboxylic acids is 1. The van der Waals surface area contributed by atoms with Gasteiger partial charge in [-0.2, -0.15) is 5.10 Å². The molecule has 0 saturated carbocycles. The summed E-state index contributed by atoms with van der Waals surface area (Å²) in [5, 5.41) is 13.4. The van der Waals surface area contributed by atoms with Crippen LogP contribution >= 0.6 is 0 Å². The van der Waals surface area contributed by atoms with Gasteiger partial charge in [0.2, 0.25) is 0 Å². The molecule has 138 valence electrons. The van der Waals surface area contributed by atoms with Crippen LogP contribution in [0.4, 0.5) is 8.78 Å². The van der Waals surface area contributed by atoms with E-state index in [-0.39, 0.29) is 18.1 Å². The molecule has 0 bridgehead atoms. The van der Waals surface area contributed by atoms with Gasteiger partial charge in [0.15, 0.2) is 17.3 Å². The van der Waals surface area contributed by atoms with Crippen molar-refractivity contribution in [1.29, 1.82) is 0 Å². The molecule has 1 N–H and O–H groups in total. The fraction of sp³-hybridized carbons (Fsp3) is 0.389. The zero-order valence-corrected chi connectivity index (χ0v) is 14.5. The second-order valence-corrected chi connectivity index (χ2v) is 6.56. The van der Waals surface area contributed by atoms with E-state index in [0.717, 1.165) is 29.8 Å². The minimum Gasteiger partial charge on any atom is -0.481 e. The fourth-order valence-corrected chi connectivity index (χ4v) is 3.19. The Morgan fingerprint density at radius 3 is 2.69 bits per heavy atom. The van der Waals surface area contributed by atoms with E-state index in [1.807, 2.05) is 0 Å². The second kappa shape index (κ2) is 6.86. The van der Waals surface area contributed by atoms with Crippen molar-refractivity contribution in [1.82, 2.24) is 14.7 Å². The van der Waals surface area contributed by atoms with Gasteiger partial charge in [0, 0.05) is 30.9 Å². The van der Waals surface area contributed by atoms with E-state index in [2.05, 4.69) is 5.10 Å². The van der Waals surface area contributed by atoms with E-state index in [1.54, 1.807) is 0 Å². The highest BCUT2D eigenvalue weighted by Gasteiger charge is 2.29. The van der Waals surface area contributed by atoms with Gasteiger partial charge in [0.1, 0.15) is 0 Å². The highest BCUT2D eigenvalue weighted by molar-refractivity contribution is 5.94. The predicted molar refractivity (Wildman–Crippen MR) is 89.3 cm³/mol. The van der Waals surface area contributed by atoms with Crippen molar-refractivity contribution in [2.75, 3.05) is 13.6 Å². The number of hydrogen-bond acceptors (Lipinski definition) is 3. The number of carbonyl (C=O) groups is 2. The average molecular weight is 363 g/mol. The third-order valence-electron chi connectivity index (χ3n) is 4.60. The topological polar surface area (TPSA) is 75.4 Å². The molecule has 0 aliphatic heterocycles. The molecule has 0 saturated heterocycles. The molecule has 3 rings (SSSR count). The molecule has 1 aromatic heterocycles. The molecular weight excluding hydrogens is 344 g/mol. The van der Waals surface area contributed by atoms with Crippen molar-refractivity contribution in [2.45, 2.75) is 26.2 Å². The van der Waals surface area contributed by atoms with Gasteiger partial charge in [-0.3, -0.25) is 9.59 Å². The molecule has 1 aliphatic carbocycles. The van der Waals surface area contributed by atoms with Crippen molar-refractivity contribution >= 4 is 11.9 Å². The van der Waals surface area contributed by atoms with E-state index < -0.39 is 23.5 Å². The first kappa shape index (κ1) is 18.0. The van der Waals surface area contributed by atoms with Crippen LogP contribution in [-0.2, 0) is 17.6 Å². The smallest absolute Gasteiger partial charge is 0.308 e. The minimum absolute atomic E-state index is 0.0565. The number of aromatic nitrogens is 2. The Morgan fingerprint density at radius 1 is 1.31 bits per heavy atom. The Bertz CT molecular complexity index is 879. The summed E-state index contributed by atoms with van der Waals surface area (Å²) in [5.74, 6) is -3.99. The van der Waals surface area contributed by atoms with E-state index in [9.17, 15) is 18.4 Å². The number of carboxylic acid groups (broad SMARTS) is 1. The summed E-state index contributed by atoms with van der Waals surface area (Å²) >= 11 is 0. The highest BCUT2D eigenvalue weighted by Crippen LogP contribution is 2.29. The van der Waals surface area contributed by atoms with Crippen LogP contribution in [0.1, 0.15) is 35.1 Å². The second-order valence-electron chi connectivity index (χ2n) is 6.56. The van der Waals surface area contributed by atoms with E-state index in [4.69, 9.17) is 5.11 Å². The molecule has 1 aliphatic rings. The van der Waals surface area contributed by atoms with Crippen molar-refractivity contribution in [2.24, 2.45) is 5.92 Å². The number of aliphatic carboxylic acids is 1. The summed E-state index contributed by atoms with van der Waals surface area (Å²) in [7, 11) is 1.53.